The van der Waals surface area contributed by atoms with E-state index in [-0.39, 0.29) is 29.4 Å². The average molecular weight is 275 g/mol. The van der Waals surface area contributed by atoms with Crippen LogP contribution < -0.4 is 4.72 Å². The van der Waals surface area contributed by atoms with E-state index in [0.717, 1.165) is 0 Å². The minimum atomic E-state index is -3.76. The molecule has 0 aromatic carbocycles. The van der Waals surface area contributed by atoms with Gasteiger partial charge in [0.05, 0.1) is 0 Å². The molecule has 1 heterocycles. The molecule has 0 amide bonds. The molecule has 0 aliphatic carbocycles. The van der Waals surface area contributed by atoms with Gasteiger partial charge in [-0.2, -0.15) is 0 Å². The third-order valence-electron chi connectivity index (χ3n) is 2.51. The molecule has 0 saturated carbocycles. The predicted molar refractivity (Wildman–Crippen MR) is 64.8 cm³/mol. The summed E-state index contributed by atoms with van der Waals surface area (Å²) < 4.78 is 30.9. The molecule has 0 saturated heterocycles. The van der Waals surface area contributed by atoms with Gasteiger partial charge in [-0.1, -0.05) is 13.8 Å². The lowest BCUT2D eigenvalue weighted by molar-refractivity contribution is 0.109. The van der Waals surface area contributed by atoms with Crippen LogP contribution in [0, 0.1) is 5.41 Å². The van der Waals surface area contributed by atoms with Crippen LogP contribution in [0.15, 0.2) is 21.6 Å². The van der Waals surface area contributed by atoms with E-state index in [1.807, 2.05) is 13.8 Å². The maximum Gasteiger partial charge on any atom is 0.273 e. The quantitative estimate of drug-likeness (QED) is 0.717. The number of carbonyl (C=O) groups is 1. The topological polar surface area (TPSA) is 96.6 Å². The number of hydrogen-bond donors (Lipinski definition) is 2. The number of aldehydes is 1. The summed E-state index contributed by atoms with van der Waals surface area (Å²) in [7, 11) is -3.76. The maximum absolute atomic E-state index is 11.8. The maximum atomic E-state index is 11.8. The van der Waals surface area contributed by atoms with Gasteiger partial charge in [-0.25, -0.2) is 13.1 Å². The zero-order valence-corrected chi connectivity index (χ0v) is 11.2. The molecule has 0 bridgehead atoms. The Bertz CT molecular complexity index is 503. The van der Waals surface area contributed by atoms with Crippen LogP contribution in [0.5, 0.6) is 0 Å². The molecule has 0 radical (unpaired) electrons. The molecule has 1 aromatic rings. The lowest BCUT2D eigenvalue weighted by Gasteiger charge is -2.23. The van der Waals surface area contributed by atoms with Crippen LogP contribution in [-0.2, 0) is 10.0 Å². The molecule has 0 aliphatic heterocycles. The molecule has 0 atom stereocenters. The fourth-order valence-corrected chi connectivity index (χ4v) is 2.47. The van der Waals surface area contributed by atoms with E-state index in [0.29, 0.717) is 12.7 Å². The lowest BCUT2D eigenvalue weighted by atomic mass is 9.90. The summed E-state index contributed by atoms with van der Waals surface area (Å²) in [5.74, 6) is -0.0370. The molecule has 0 fully saturated rings. The number of aliphatic hydroxyl groups is 1. The molecule has 2 N–H and O–H groups in total. The molecular formula is C11H17NO5S. The van der Waals surface area contributed by atoms with Gasteiger partial charge in [0.1, 0.15) is 0 Å². The van der Waals surface area contributed by atoms with Gasteiger partial charge >= 0.3 is 0 Å². The Balaban J connectivity index is 2.74. The zero-order chi connectivity index (χ0) is 13.8. The monoisotopic (exact) mass is 275 g/mol. The molecule has 0 spiro atoms. The summed E-state index contributed by atoms with van der Waals surface area (Å²) >= 11 is 0. The molecule has 102 valence electrons. The first-order valence-corrected chi connectivity index (χ1v) is 6.94. The van der Waals surface area contributed by atoms with Gasteiger partial charge in [-0.15, -0.1) is 0 Å². The van der Waals surface area contributed by atoms with E-state index in [9.17, 15) is 13.2 Å². The second-order valence-electron chi connectivity index (χ2n) is 4.74. The zero-order valence-electron chi connectivity index (χ0n) is 10.3. The molecule has 7 heteroatoms. The van der Waals surface area contributed by atoms with Crippen molar-refractivity contribution in [2.75, 3.05) is 13.2 Å². The van der Waals surface area contributed by atoms with E-state index in [4.69, 9.17) is 9.52 Å². The van der Waals surface area contributed by atoms with E-state index < -0.39 is 10.0 Å². The van der Waals surface area contributed by atoms with Gasteiger partial charge in [0.15, 0.2) is 12.0 Å². The van der Waals surface area contributed by atoms with E-state index in [1.54, 1.807) is 0 Å². The van der Waals surface area contributed by atoms with E-state index in [2.05, 4.69) is 4.72 Å². The Labute approximate surface area is 106 Å². The first-order chi connectivity index (χ1) is 8.30. The number of hydrogen-bond acceptors (Lipinski definition) is 5. The predicted octanol–water partition coefficient (Wildman–Crippen LogP) is 0.779. The highest BCUT2D eigenvalue weighted by Gasteiger charge is 2.24. The van der Waals surface area contributed by atoms with Crippen molar-refractivity contribution in [2.45, 2.75) is 25.4 Å². The van der Waals surface area contributed by atoms with Crippen molar-refractivity contribution in [3.8, 4) is 0 Å². The minimum Gasteiger partial charge on any atom is -0.440 e. The van der Waals surface area contributed by atoms with E-state index in [1.165, 1.54) is 12.1 Å². The molecule has 0 unspecified atom stereocenters. The molecule has 6 nitrogen and oxygen atoms in total. The minimum absolute atomic E-state index is 0.00916. The normalized spacial score (nSPS) is 12.6. The van der Waals surface area contributed by atoms with Crippen LogP contribution in [0.2, 0.25) is 0 Å². The van der Waals surface area contributed by atoms with Gasteiger partial charge in [0.25, 0.3) is 10.0 Å². The first-order valence-electron chi connectivity index (χ1n) is 5.46. The van der Waals surface area contributed by atoms with Gasteiger partial charge in [-0.3, -0.25) is 4.79 Å². The fraction of sp³-hybridized carbons (Fsp3) is 0.545. The van der Waals surface area contributed by atoms with Crippen molar-refractivity contribution >= 4 is 16.3 Å². The third-order valence-corrected chi connectivity index (χ3v) is 3.79. The highest BCUT2D eigenvalue weighted by Crippen LogP contribution is 2.20. The van der Waals surface area contributed by atoms with Crippen molar-refractivity contribution in [3.63, 3.8) is 0 Å². The number of carbonyl (C=O) groups excluding carboxylic acids is 1. The highest BCUT2D eigenvalue weighted by molar-refractivity contribution is 7.89. The number of rotatable bonds is 7. The summed E-state index contributed by atoms with van der Waals surface area (Å²) in [4.78, 5) is 10.4. The Morgan fingerprint density at radius 2 is 2.11 bits per heavy atom. The van der Waals surface area contributed by atoms with Crippen LogP contribution >= 0.6 is 0 Å². The van der Waals surface area contributed by atoms with Gasteiger partial charge in [0, 0.05) is 13.2 Å². The second-order valence-corrected chi connectivity index (χ2v) is 6.43. The first kappa shape index (κ1) is 14.9. The molecular weight excluding hydrogens is 258 g/mol. The Morgan fingerprint density at radius 3 is 2.61 bits per heavy atom. The second kappa shape index (κ2) is 5.64. The summed E-state index contributed by atoms with van der Waals surface area (Å²) in [6.07, 6.45) is 0.919. The van der Waals surface area contributed by atoms with Crippen molar-refractivity contribution in [3.05, 3.63) is 17.9 Å². The van der Waals surface area contributed by atoms with Crippen LogP contribution in [0.1, 0.15) is 30.8 Å². The van der Waals surface area contributed by atoms with Crippen LogP contribution in [0.4, 0.5) is 0 Å². The van der Waals surface area contributed by atoms with Crippen LogP contribution in [-0.4, -0.2) is 33.0 Å². The number of sulfonamides is 1. The summed E-state index contributed by atoms with van der Waals surface area (Å²) in [6, 6.07) is 2.52. The number of nitrogens with one attached hydrogen (secondary N) is 1. The summed E-state index contributed by atoms with van der Waals surface area (Å²) in [5.41, 5.74) is -0.359. The van der Waals surface area contributed by atoms with Crippen LogP contribution in [0.25, 0.3) is 0 Å². The average Bonchev–Trinajstić information content (AvgIpc) is 2.76. The smallest absolute Gasteiger partial charge is 0.273 e. The largest absolute Gasteiger partial charge is 0.440 e. The number of aliphatic hydroxyl groups excluding tert-OH is 1. The SMILES string of the molecule is CC(C)(CCO)CNS(=O)(=O)c1ccc(C=O)o1. The summed E-state index contributed by atoms with van der Waals surface area (Å²) in [5, 5.41) is 8.56. The standard InChI is InChI=1S/C11H17NO5S/c1-11(2,5-6-13)8-12-18(15,16)10-4-3-9(7-14)17-10/h3-4,7,12-13H,5-6,8H2,1-2H3. The summed E-state index contributed by atoms with van der Waals surface area (Å²) in [6.45, 7) is 3.84. The molecule has 1 rings (SSSR count). The molecule has 18 heavy (non-hydrogen) atoms. The lowest BCUT2D eigenvalue weighted by Crippen LogP contribution is -2.34. The third kappa shape index (κ3) is 3.94. The highest BCUT2D eigenvalue weighted by atomic mass is 32.2. The van der Waals surface area contributed by atoms with Gasteiger partial charge in [0.2, 0.25) is 5.09 Å². The number of furan rings is 1. The van der Waals surface area contributed by atoms with Crippen molar-refractivity contribution in [2.24, 2.45) is 5.41 Å². The molecule has 1 aromatic heterocycles. The van der Waals surface area contributed by atoms with Crippen molar-refractivity contribution in [1.29, 1.82) is 0 Å². The van der Waals surface area contributed by atoms with E-state index >= 15 is 0 Å². The Morgan fingerprint density at radius 1 is 1.44 bits per heavy atom. The fourth-order valence-electron chi connectivity index (χ4n) is 1.29. The van der Waals surface area contributed by atoms with Crippen LogP contribution in [0.3, 0.4) is 0 Å². The van der Waals surface area contributed by atoms with Gasteiger partial charge < -0.3 is 9.52 Å². The van der Waals surface area contributed by atoms with Crippen molar-refractivity contribution in [1.82, 2.24) is 4.72 Å². The van der Waals surface area contributed by atoms with Gasteiger partial charge in [-0.05, 0) is 24.0 Å². The van der Waals surface area contributed by atoms with Crippen molar-refractivity contribution < 1.29 is 22.7 Å². The Hall–Kier alpha value is -1.18. The Kier molecular flexibility index (Phi) is 4.66. The molecule has 0 aliphatic rings.